The lowest BCUT2D eigenvalue weighted by molar-refractivity contribution is 0.201. The standard InChI is InChI=1S/C10H15NO/c1-9(12)8-11(2)10-6-4-3-5-7-10/h3-7,9,12H,8H2,1-2H3/t9-/m1/s1. The molecule has 2 nitrogen and oxygen atoms in total. The summed E-state index contributed by atoms with van der Waals surface area (Å²) in [5.74, 6) is 0. The lowest BCUT2D eigenvalue weighted by atomic mass is 10.3. The van der Waals surface area contributed by atoms with Crippen molar-refractivity contribution in [2.45, 2.75) is 13.0 Å². The molecule has 0 spiro atoms. The molecular weight excluding hydrogens is 150 g/mol. The minimum Gasteiger partial charge on any atom is -0.392 e. The van der Waals surface area contributed by atoms with Gasteiger partial charge in [-0.15, -0.1) is 0 Å². The van der Waals surface area contributed by atoms with Crippen LogP contribution in [-0.4, -0.2) is 24.8 Å². The van der Waals surface area contributed by atoms with Crippen LogP contribution in [0.1, 0.15) is 6.92 Å². The van der Waals surface area contributed by atoms with Crippen molar-refractivity contribution in [3.8, 4) is 0 Å². The van der Waals surface area contributed by atoms with Crippen LogP contribution in [0.4, 0.5) is 5.69 Å². The Hall–Kier alpha value is -1.02. The van der Waals surface area contributed by atoms with E-state index in [4.69, 9.17) is 5.11 Å². The number of para-hydroxylation sites is 1. The van der Waals surface area contributed by atoms with E-state index in [0.29, 0.717) is 6.54 Å². The fourth-order valence-corrected chi connectivity index (χ4v) is 1.18. The predicted octanol–water partition coefficient (Wildman–Crippen LogP) is 1.50. The number of aliphatic hydroxyl groups excluding tert-OH is 1. The van der Waals surface area contributed by atoms with E-state index in [9.17, 15) is 0 Å². The number of nitrogens with zero attached hydrogens (tertiary/aromatic N) is 1. The first kappa shape index (κ1) is 9.07. The number of likely N-dealkylation sites (N-methyl/N-ethyl adjacent to an activating group) is 1. The third-order valence-electron chi connectivity index (χ3n) is 1.74. The maximum absolute atomic E-state index is 9.14. The summed E-state index contributed by atoms with van der Waals surface area (Å²) >= 11 is 0. The van der Waals surface area contributed by atoms with Crippen LogP contribution in [0.2, 0.25) is 0 Å². The smallest absolute Gasteiger partial charge is 0.0686 e. The van der Waals surface area contributed by atoms with E-state index >= 15 is 0 Å². The van der Waals surface area contributed by atoms with Gasteiger partial charge in [-0.25, -0.2) is 0 Å². The summed E-state index contributed by atoms with van der Waals surface area (Å²) in [7, 11) is 1.97. The molecule has 12 heavy (non-hydrogen) atoms. The molecule has 0 bridgehead atoms. The van der Waals surface area contributed by atoms with Gasteiger partial charge >= 0.3 is 0 Å². The van der Waals surface area contributed by atoms with E-state index in [1.54, 1.807) is 6.92 Å². The number of hydrogen-bond donors (Lipinski definition) is 1. The quantitative estimate of drug-likeness (QED) is 0.733. The second-order valence-corrected chi connectivity index (χ2v) is 3.07. The lowest BCUT2D eigenvalue weighted by Gasteiger charge is -2.20. The SMILES string of the molecule is C[C@@H](O)CN(C)c1ccccc1. The van der Waals surface area contributed by atoms with Crippen molar-refractivity contribution in [3.05, 3.63) is 30.3 Å². The lowest BCUT2D eigenvalue weighted by Crippen LogP contribution is -2.26. The molecule has 0 saturated carbocycles. The zero-order valence-corrected chi connectivity index (χ0v) is 7.57. The fourth-order valence-electron chi connectivity index (χ4n) is 1.18. The van der Waals surface area contributed by atoms with Crippen molar-refractivity contribution in [2.75, 3.05) is 18.5 Å². The molecule has 0 radical (unpaired) electrons. The summed E-state index contributed by atoms with van der Waals surface area (Å²) in [5, 5.41) is 9.14. The highest BCUT2D eigenvalue weighted by Gasteiger charge is 2.02. The Bertz CT molecular complexity index is 221. The first-order valence-corrected chi connectivity index (χ1v) is 4.14. The molecule has 1 atom stereocenters. The molecule has 1 rings (SSSR count). The second kappa shape index (κ2) is 4.12. The number of aliphatic hydroxyl groups is 1. The Morgan fingerprint density at radius 2 is 1.92 bits per heavy atom. The Morgan fingerprint density at radius 1 is 1.33 bits per heavy atom. The number of benzene rings is 1. The molecular formula is C10H15NO. The van der Waals surface area contributed by atoms with E-state index in [1.807, 2.05) is 42.3 Å². The molecule has 0 unspecified atom stereocenters. The number of rotatable bonds is 3. The van der Waals surface area contributed by atoms with E-state index < -0.39 is 0 Å². The van der Waals surface area contributed by atoms with Gasteiger partial charge in [0, 0.05) is 19.3 Å². The van der Waals surface area contributed by atoms with Crippen LogP contribution in [0.3, 0.4) is 0 Å². The molecule has 0 aliphatic heterocycles. The summed E-state index contributed by atoms with van der Waals surface area (Å²) in [6.07, 6.45) is -0.282. The Balaban J connectivity index is 2.59. The molecule has 66 valence electrons. The zero-order chi connectivity index (χ0) is 8.97. The van der Waals surface area contributed by atoms with Crippen molar-refractivity contribution in [2.24, 2.45) is 0 Å². The Labute approximate surface area is 73.4 Å². The predicted molar refractivity (Wildman–Crippen MR) is 51.4 cm³/mol. The van der Waals surface area contributed by atoms with Crippen molar-refractivity contribution >= 4 is 5.69 Å². The van der Waals surface area contributed by atoms with E-state index in [0.717, 1.165) is 5.69 Å². The second-order valence-electron chi connectivity index (χ2n) is 3.07. The average Bonchev–Trinajstić information content (AvgIpc) is 2.05. The van der Waals surface area contributed by atoms with Crippen molar-refractivity contribution in [1.29, 1.82) is 0 Å². The van der Waals surface area contributed by atoms with Crippen LogP contribution >= 0.6 is 0 Å². The Kier molecular flexibility index (Phi) is 3.11. The maximum Gasteiger partial charge on any atom is 0.0686 e. The first-order valence-electron chi connectivity index (χ1n) is 4.14. The van der Waals surface area contributed by atoms with Crippen LogP contribution in [0.15, 0.2) is 30.3 Å². The topological polar surface area (TPSA) is 23.5 Å². The van der Waals surface area contributed by atoms with Crippen molar-refractivity contribution in [1.82, 2.24) is 0 Å². The molecule has 0 saturated heterocycles. The summed E-state index contributed by atoms with van der Waals surface area (Å²) in [4.78, 5) is 2.03. The van der Waals surface area contributed by atoms with Gasteiger partial charge in [0.15, 0.2) is 0 Å². The molecule has 1 N–H and O–H groups in total. The van der Waals surface area contributed by atoms with E-state index in [2.05, 4.69) is 0 Å². The summed E-state index contributed by atoms with van der Waals surface area (Å²) in [6, 6.07) is 10.0. The summed E-state index contributed by atoms with van der Waals surface area (Å²) in [5.41, 5.74) is 1.14. The van der Waals surface area contributed by atoms with Gasteiger partial charge in [-0.05, 0) is 19.1 Å². The van der Waals surface area contributed by atoms with Crippen LogP contribution < -0.4 is 4.90 Å². The molecule has 0 amide bonds. The normalized spacial score (nSPS) is 12.6. The number of hydrogen-bond acceptors (Lipinski definition) is 2. The van der Waals surface area contributed by atoms with Gasteiger partial charge < -0.3 is 10.0 Å². The molecule has 0 fully saturated rings. The monoisotopic (exact) mass is 165 g/mol. The van der Waals surface area contributed by atoms with E-state index in [-0.39, 0.29) is 6.10 Å². The molecule has 1 aromatic carbocycles. The highest BCUT2D eigenvalue weighted by atomic mass is 16.3. The first-order chi connectivity index (χ1) is 5.70. The highest BCUT2D eigenvalue weighted by Crippen LogP contribution is 2.10. The van der Waals surface area contributed by atoms with Crippen molar-refractivity contribution < 1.29 is 5.11 Å². The number of anilines is 1. The summed E-state index contributed by atoms with van der Waals surface area (Å²) in [6.45, 7) is 2.46. The van der Waals surface area contributed by atoms with E-state index in [1.165, 1.54) is 0 Å². The van der Waals surface area contributed by atoms with Crippen LogP contribution in [0, 0.1) is 0 Å². The largest absolute Gasteiger partial charge is 0.392 e. The minimum atomic E-state index is -0.282. The third-order valence-corrected chi connectivity index (χ3v) is 1.74. The maximum atomic E-state index is 9.14. The van der Waals surface area contributed by atoms with Gasteiger partial charge in [0.05, 0.1) is 6.10 Å². The average molecular weight is 165 g/mol. The van der Waals surface area contributed by atoms with Gasteiger partial charge in [-0.2, -0.15) is 0 Å². The van der Waals surface area contributed by atoms with Crippen LogP contribution in [-0.2, 0) is 0 Å². The molecule has 0 aliphatic carbocycles. The fraction of sp³-hybridized carbons (Fsp3) is 0.400. The third kappa shape index (κ3) is 2.55. The summed E-state index contributed by atoms with van der Waals surface area (Å²) < 4.78 is 0. The molecule has 0 heterocycles. The molecule has 1 aromatic rings. The minimum absolute atomic E-state index is 0.282. The Morgan fingerprint density at radius 3 is 2.42 bits per heavy atom. The van der Waals surface area contributed by atoms with Crippen molar-refractivity contribution in [3.63, 3.8) is 0 Å². The van der Waals surface area contributed by atoms with Gasteiger partial charge in [0.1, 0.15) is 0 Å². The van der Waals surface area contributed by atoms with Gasteiger partial charge in [0.25, 0.3) is 0 Å². The van der Waals surface area contributed by atoms with Gasteiger partial charge in [-0.3, -0.25) is 0 Å². The molecule has 2 heteroatoms. The van der Waals surface area contributed by atoms with Crippen LogP contribution in [0.5, 0.6) is 0 Å². The van der Waals surface area contributed by atoms with Gasteiger partial charge in [-0.1, -0.05) is 18.2 Å². The zero-order valence-electron chi connectivity index (χ0n) is 7.57. The van der Waals surface area contributed by atoms with Crippen LogP contribution in [0.25, 0.3) is 0 Å². The molecule has 0 aromatic heterocycles. The van der Waals surface area contributed by atoms with Gasteiger partial charge in [0.2, 0.25) is 0 Å². The molecule has 0 aliphatic rings. The highest BCUT2D eigenvalue weighted by molar-refractivity contribution is 5.44.